The van der Waals surface area contributed by atoms with Crippen LogP contribution in [0.3, 0.4) is 0 Å². The summed E-state index contributed by atoms with van der Waals surface area (Å²) in [7, 11) is 0. The number of thiophene rings is 1. The molecular formula is C59H38N2S2. The molecule has 0 saturated heterocycles. The highest BCUT2D eigenvalue weighted by molar-refractivity contribution is 7.28. The highest BCUT2D eigenvalue weighted by Gasteiger charge is 2.19. The number of thiazole rings is 1. The summed E-state index contributed by atoms with van der Waals surface area (Å²) in [4.78, 5) is 7.46. The predicted octanol–water partition coefficient (Wildman–Crippen LogP) is 17.6. The normalized spacial score (nSPS) is 11.5. The lowest BCUT2D eigenvalue weighted by Crippen LogP contribution is -2.11. The molecule has 0 atom stereocenters. The third kappa shape index (κ3) is 6.68. The number of anilines is 3. The first-order valence-corrected chi connectivity index (χ1v) is 22.9. The van der Waals surface area contributed by atoms with Gasteiger partial charge in [-0.05, 0) is 104 Å². The molecule has 0 bridgehead atoms. The standard InChI is InChI=1S/C59H38N2S2/c1-4-14-40(15-5-1)47-33-34-48(51-22-11-10-21-50(47)51)42-26-31-46(32-27-42)61(54-23-13-12-20-49(54)41-16-6-2-7-17-41)45-29-24-39(25-30-45)44-28-36-55-52(38-44)57-56(62-55)37-35-53-58(57)63-59(60-53)43-18-8-3-9-19-43/h1-38H. The van der Waals surface area contributed by atoms with Crippen molar-refractivity contribution in [2.45, 2.75) is 0 Å². The van der Waals surface area contributed by atoms with E-state index in [0.29, 0.717) is 0 Å². The molecule has 2 aromatic heterocycles. The molecule has 0 aliphatic rings. The second-order valence-corrected chi connectivity index (χ2v) is 18.0. The van der Waals surface area contributed by atoms with E-state index in [2.05, 4.69) is 235 Å². The third-order valence-corrected chi connectivity index (χ3v) is 14.4. The summed E-state index contributed by atoms with van der Waals surface area (Å²) in [6.45, 7) is 0. The molecule has 4 heteroatoms. The van der Waals surface area contributed by atoms with Crippen molar-refractivity contribution in [1.29, 1.82) is 0 Å². The van der Waals surface area contributed by atoms with E-state index in [0.717, 1.165) is 33.1 Å². The van der Waals surface area contributed by atoms with Crippen LogP contribution in [0.15, 0.2) is 231 Å². The Bertz CT molecular complexity index is 3590. The predicted molar refractivity (Wildman–Crippen MR) is 272 cm³/mol. The van der Waals surface area contributed by atoms with Crippen molar-refractivity contribution in [2.24, 2.45) is 0 Å². The van der Waals surface area contributed by atoms with Gasteiger partial charge in [-0.15, -0.1) is 22.7 Å². The van der Waals surface area contributed by atoms with Crippen molar-refractivity contribution in [3.05, 3.63) is 231 Å². The van der Waals surface area contributed by atoms with Gasteiger partial charge in [0.1, 0.15) is 5.01 Å². The minimum atomic E-state index is 1.05. The van der Waals surface area contributed by atoms with Crippen LogP contribution in [0.25, 0.3) is 96.2 Å². The Labute approximate surface area is 374 Å². The van der Waals surface area contributed by atoms with Crippen LogP contribution in [-0.2, 0) is 0 Å². The number of fused-ring (bicyclic) bond motifs is 6. The number of aromatic nitrogens is 1. The summed E-state index contributed by atoms with van der Waals surface area (Å²) in [5, 5.41) is 6.15. The second kappa shape index (κ2) is 15.7. The van der Waals surface area contributed by atoms with E-state index >= 15 is 0 Å². The fraction of sp³-hybridized carbons (Fsp3) is 0. The topological polar surface area (TPSA) is 16.1 Å². The Kier molecular flexibility index (Phi) is 9.25. The molecule has 0 fully saturated rings. The van der Waals surface area contributed by atoms with E-state index in [-0.39, 0.29) is 0 Å². The highest BCUT2D eigenvalue weighted by atomic mass is 32.1. The van der Waals surface area contributed by atoms with Gasteiger partial charge in [0, 0.05) is 42.7 Å². The second-order valence-electron chi connectivity index (χ2n) is 15.9. The number of nitrogens with zero attached hydrogens (tertiary/aromatic N) is 2. The Morgan fingerprint density at radius 1 is 0.333 bits per heavy atom. The molecule has 296 valence electrons. The summed E-state index contributed by atoms with van der Waals surface area (Å²) in [5.41, 5.74) is 15.1. The molecule has 0 N–H and O–H groups in total. The lowest BCUT2D eigenvalue weighted by Gasteiger charge is -2.28. The number of rotatable bonds is 8. The van der Waals surface area contributed by atoms with Gasteiger partial charge in [-0.3, -0.25) is 0 Å². The molecule has 0 aliphatic heterocycles. The smallest absolute Gasteiger partial charge is 0.124 e. The first kappa shape index (κ1) is 37.2. The van der Waals surface area contributed by atoms with Gasteiger partial charge in [0.15, 0.2) is 0 Å². The number of benzene rings is 10. The average Bonchev–Trinajstić information content (AvgIpc) is 3.97. The van der Waals surface area contributed by atoms with Gasteiger partial charge in [0.25, 0.3) is 0 Å². The van der Waals surface area contributed by atoms with Crippen LogP contribution in [0, 0.1) is 0 Å². The van der Waals surface area contributed by atoms with Crippen LogP contribution in [-0.4, -0.2) is 4.98 Å². The summed E-state index contributed by atoms with van der Waals surface area (Å²) in [6, 6.07) is 83.4. The highest BCUT2D eigenvalue weighted by Crippen LogP contribution is 2.45. The lowest BCUT2D eigenvalue weighted by molar-refractivity contribution is 1.28. The van der Waals surface area contributed by atoms with Gasteiger partial charge in [0.05, 0.1) is 15.9 Å². The van der Waals surface area contributed by atoms with Crippen molar-refractivity contribution < 1.29 is 0 Å². The molecule has 0 amide bonds. The molecule has 12 rings (SSSR count). The maximum absolute atomic E-state index is 5.07. The maximum atomic E-state index is 5.07. The summed E-state index contributed by atoms with van der Waals surface area (Å²) in [5.74, 6) is 0. The summed E-state index contributed by atoms with van der Waals surface area (Å²) < 4.78 is 3.84. The van der Waals surface area contributed by atoms with Gasteiger partial charge < -0.3 is 4.90 Å². The number of para-hydroxylation sites is 1. The maximum Gasteiger partial charge on any atom is 0.124 e. The van der Waals surface area contributed by atoms with Gasteiger partial charge in [-0.1, -0.05) is 176 Å². The number of hydrogen-bond acceptors (Lipinski definition) is 4. The monoisotopic (exact) mass is 838 g/mol. The molecule has 0 saturated carbocycles. The Morgan fingerprint density at radius 2 is 0.841 bits per heavy atom. The van der Waals surface area contributed by atoms with Crippen molar-refractivity contribution in [2.75, 3.05) is 4.90 Å². The fourth-order valence-corrected chi connectivity index (χ4v) is 11.4. The first-order chi connectivity index (χ1) is 31.2. The van der Waals surface area contributed by atoms with Crippen molar-refractivity contribution >= 4 is 80.9 Å². The Morgan fingerprint density at radius 3 is 1.49 bits per heavy atom. The van der Waals surface area contributed by atoms with Gasteiger partial charge in [-0.2, -0.15) is 0 Å². The third-order valence-electron chi connectivity index (χ3n) is 12.1. The Hall–Kier alpha value is -7.63. The zero-order chi connectivity index (χ0) is 41.7. The zero-order valence-electron chi connectivity index (χ0n) is 34.2. The molecule has 10 aromatic carbocycles. The van der Waals surface area contributed by atoms with Crippen molar-refractivity contribution in [3.8, 4) is 55.1 Å². The van der Waals surface area contributed by atoms with Crippen LogP contribution in [0.4, 0.5) is 17.1 Å². The van der Waals surface area contributed by atoms with E-state index < -0.39 is 0 Å². The molecular weight excluding hydrogens is 801 g/mol. The van der Waals surface area contributed by atoms with E-state index in [4.69, 9.17) is 4.98 Å². The lowest BCUT2D eigenvalue weighted by atomic mass is 9.92. The van der Waals surface area contributed by atoms with Gasteiger partial charge >= 0.3 is 0 Å². The molecule has 0 spiro atoms. The van der Waals surface area contributed by atoms with Gasteiger partial charge in [-0.25, -0.2) is 4.98 Å². The van der Waals surface area contributed by atoms with Crippen molar-refractivity contribution in [3.63, 3.8) is 0 Å². The van der Waals surface area contributed by atoms with Crippen molar-refractivity contribution in [1.82, 2.24) is 4.98 Å². The quantitative estimate of drug-likeness (QED) is 0.152. The van der Waals surface area contributed by atoms with Gasteiger partial charge in [0.2, 0.25) is 0 Å². The van der Waals surface area contributed by atoms with Crippen LogP contribution in [0.2, 0.25) is 0 Å². The number of hydrogen-bond donors (Lipinski definition) is 0. The molecule has 2 nitrogen and oxygen atoms in total. The van der Waals surface area contributed by atoms with Crippen LogP contribution >= 0.6 is 22.7 Å². The molecule has 2 heterocycles. The minimum Gasteiger partial charge on any atom is -0.310 e. The van der Waals surface area contributed by atoms with E-state index in [1.807, 2.05) is 11.3 Å². The zero-order valence-corrected chi connectivity index (χ0v) is 35.8. The van der Waals surface area contributed by atoms with Crippen LogP contribution in [0.1, 0.15) is 0 Å². The molecule has 0 aliphatic carbocycles. The molecule has 63 heavy (non-hydrogen) atoms. The fourth-order valence-electron chi connectivity index (χ4n) is 9.10. The molecule has 0 unspecified atom stereocenters. The van der Waals surface area contributed by atoms with Crippen LogP contribution < -0.4 is 4.90 Å². The van der Waals surface area contributed by atoms with E-state index in [9.17, 15) is 0 Å². The SMILES string of the molecule is c1ccc(-c2nc3ccc4sc5ccc(-c6ccc(N(c7ccc(-c8ccc(-c9ccccc9)c9ccccc89)cc7)c7ccccc7-c7ccccc7)cc6)cc5c4c3s2)cc1. The molecule has 12 aromatic rings. The largest absolute Gasteiger partial charge is 0.310 e. The van der Waals surface area contributed by atoms with E-state index in [1.165, 1.54) is 80.2 Å². The molecule has 0 radical (unpaired) electrons. The summed E-state index contributed by atoms with van der Waals surface area (Å²) in [6.07, 6.45) is 0. The minimum absolute atomic E-state index is 1.05. The summed E-state index contributed by atoms with van der Waals surface area (Å²) >= 11 is 3.65. The first-order valence-electron chi connectivity index (χ1n) is 21.3. The van der Waals surface area contributed by atoms with E-state index in [1.54, 1.807) is 11.3 Å². The Balaban J connectivity index is 0.943. The average molecular weight is 839 g/mol. The van der Waals surface area contributed by atoms with Crippen LogP contribution in [0.5, 0.6) is 0 Å².